The first-order chi connectivity index (χ1) is 18.0. The first kappa shape index (κ1) is 26.1. The number of rotatable bonds is 9. The minimum Gasteiger partial charge on any atom is -0.446 e. The number of thioether (sulfide) groups is 1. The zero-order valence-electron chi connectivity index (χ0n) is 21.9. The normalized spacial score (nSPS) is 20.6. The van der Waals surface area contributed by atoms with E-state index in [-0.39, 0.29) is 23.7 Å². The molecule has 2 aliphatic heterocycles. The number of nitrogens with one attached hydrogen (secondary N) is 1. The molecule has 2 aromatic rings. The van der Waals surface area contributed by atoms with E-state index in [1.165, 1.54) is 10.5 Å². The first-order valence-electron chi connectivity index (χ1n) is 13.7. The van der Waals surface area contributed by atoms with Crippen LogP contribution < -0.4 is 5.32 Å². The van der Waals surface area contributed by atoms with Crippen LogP contribution in [0.4, 0.5) is 4.79 Å². The number of benzene rings is 2. The standard InChI is InChI=1S/C30H39N3O3S/c1-37-26-12-10-23(11-13-26)22-33-21-17-30(28(33)34)15-19-32(20-16-30)18-14-27(24-6-3-2-4-7-24)31-29(35)36-25-8-5-9-25/h2-4,6-7,10-13,25,27H,5,8-9,14-22H2,1H3,(H,31,35)/t27-/m0/s1. The highest BCUT2D eigenvalue weighted by Crippen LogP contribution is 2.42. The van der Waals surface area contributed by atoms with E-state index in [0.717, 1.165) is 76.7 Å². The molecule has 6 nitrogen and oxygen atoms in total. The number of piperidine rings is 1. The van der Waals surface area contributed by atoms with Crippen molar-refractivity contribution < 1.29 is 14.3 Å². The molecular weight excluding hydrogens is 482 g/mol. The largest absolute Gasteiger partial charge is 0.446 e. The Morgan fingerprint density at radius 1 is 1.05 bits per heavy atom. The van der Waals surface area contributed by atoms with Crippen LogP contribution in [-0.2, 0) is 16.1 Å². The first-order valence-corrected chi connectivity index (χ1v) is 14.9. The lowest BCUT2D eigenvalue weighted by atomic mass is 9.77. The molecule has 5 rings (SSSR count). The van der Waals surface area contributed by atoms with Crippen molar-refractivity contribution in [2.45, 2.75) is 68.5 Å². The molecule has 3 fully saturated rings. The lowest BCUT2D eigenvalue weighted by Gasteiger charge is -2.38. The number of ether oxygens (including phenoxy) is 1. The number of alkyl carbamates (subject to hydrolysis) is 1. The summed E-state index contributed by atoms with van der Waals surface area (Å²) in [5.74, 6) is 0.337. The average molecular weight is 522 g/mol. The van der Waals surface area contributed by atoms with Crippen molar-refractivity contribution in [1.82, 2.24) is 15.1 Å². The maximum atomic E-state index is 13.4. The molecule has 2 amide bonds. The lowest BCUT2D eigenvalue weighted by Crippen LogP contribution is -2.45. The van der Waals surface area contributed by atoms with Crippen LogP contribution in [0.25, 0.3) is 0 Å². The van der Waals surface area contributed by atoms with Crippen molar-refractivity contribution in [2.75, 3.05) is 32.4 Å². The molecule has 7 heteroatoms. The molecule has 2 heterocycles. The SMILES string of the molecule is CSc1ccc(CN2CCC3(CCN(CC[C@H](NC(=O)OC4CCC4)c4ccccc4)CC3)C2=O)cc1. The summed E-state index contributed by atoms with van der Waals surface area (Å²) >= 11 is 1.74. The minimum atomic E-state index is -0.309. The molecule has 2 saturated heterocycles. The van der Waals surface area contributed by atoms with E-state index in [1.54, 1.807) is 11.8 Å². The Labute approximate surface area is 225 Å². The zero-order chi connectivity index (χ0) is 25.7. The number of nitrogens with zero attached hydrogens (tertiary/aromatic N) is 2. The van der Waals surface area contributed by atoms with E-state index < -0.39 is 0 Å². The summed E-state index contributed by atoms with van der Waals surface area (Å²) in [6, 6.07) is 18.7. The van der Waals surface area contributed by atoms with Gasteiger partial charge in [0.2, 0.25) is 5.91 Å². The summed E-state index contributed by atoms with van der Waals surface area (Å²) in [5.41, 5.74) is 2.11. The molecule has 1 aliphatic carbocycles. The van der Waals surface area contributed by atoms with Crippen molar-refractivity contribution in [3.8, 4) is 0 Å². The average Bonchev–Trinajstić information content (AvgIpc) is 3.20. The zero-order valence-corrected chi connectivity index (χ0v) is 22.7. The van der Waals surface area contributed by atoms with E-state index in [4.69, 9.17) is 4.74 Å². The third-order valence-electron chi connectivity index (χ3n) is 8.50. The maximum absolute atomic E-state index is 13.4. The van der Waals surface area contributed by atoms with Crippen LogP contribution in [0.2, 0.25) is 0 Å². The van der Waals surface area contributed by atoms with E-state index >= 15 is 0 Å². The Balaban J connectivity index is 1.12. The third-order valence-corrected chi connectivity index (χ3v) is 9.24. The maximum Gasteiger partial charge on any atom is 0.407 e. The molecule has 1 spiro atoms. The summed E-state index contributed by atoms with van der Waals surface area (Å²) in [6.07, 6.45) is 8.55. The van der Waals surface area contributed by atoms with E-state index in [1.807, 2.05) is 18.2 Å². The molecule has 1 atom stereocenters. The molecule has 0 bridgehead atoms. The summed E-state index contributed by atoms with van der Waals surface area (Å²) in [4.78, 5) is 31.7. The van der Waals surface area contributed by atoms with Crippen molar-refractivity contribution in [2.24, 2.45) is 5.41 Å². The smallest absolute Gasteiger partial charge is 0.407 e. The van der Waals surface area contributed by atoms with Gasteiger partial charge in [-0.05, 0) is 87.6 Å². The molecule has 2 aromatic carbocycles. The fraction of sp³-hybridized carbons (Fsp3) is 0.533. The van der Waals surface area contributed by atoms with Gasteiger partial charge in [0, 0.05) is 24.5 Å². The van der Waals surface area contributed by atoms with Gasteiger partial charge in [0.25, 0.3) is 0 Å². The van der Waals surface area contributed by atoms with E-state index in [0.29, 0.717) is 12.5 Å². The molecule has 0 unspecified atom stereocenters. The Hall–Kier alpha value is -2.51. The van der Waals surface area contributed by atoms with Gasteiger partial charge in [0.1, 0.15) is 6.10 Å². The second kappa shape index (κ2) is 11.9. The molecule has 1 N–H and O–H groups in total. The van der Waals surface area contributed by atoms with Crippen LogP contribution in [0.15, 0.2) is 59.5 Å². The van der Waals surface area contributed by atoms with Crippen molar-refractivity contribution >= 4 is 23.8 Å². The summed E-state index contributed by atoms with van der Waals surface area (Å²) < 4.78 is 5.56. The van der Waals surface area contributed by atoms with Gasteiger partial charge < -0.3 is 19.9 Å². The predicted molar refractivity (Wildman–Crippen MR) is 147 cm³/mol. The van der Waals surface area contributed by atoms with Gasteiger partial charge in [-0.1, -0.05) is 42.5 Å². The van der Waals surface area contributed by atoms with E-state index in [2.05, 4.69) is 57.8 Å². The number of carbonyl (C=O) groups excluding carboxylic acids is 2. The summed E-state index contributed by atoms with van der Waals surface area (Å²) in [6.45, 7) is 4.30. The Bertz CT molecular complexity index is 1050. The number of hydrogen-bond donors (Lipinski definition) is 1. The summed E-state index contributed by atoms with van der Waals surface area (Å²) in [5, 5.41) is 3.11. The minimum absolute atomic E-state index is 0.0768. The van der Waals surface area contributed by atoms with E-state index in [9.17, 15) is 9.59 Å². The van der Waals surface area contributed by atoms with Crippen LogP contribution in [0.5, 0.6) is 0 Å². The summed E-state index contributed by atoms with van der Waals surface area (Å²) in [7, 11) is 0. The third kappa shape index (κ3) is 6.32. The molecule has 0 aromatic heterocycles. The Kier molecular flexibility index (Phi) is 8.40. The highest BCUT2D eigenvalue weighted by Gasteiger charge is 2.47. The van der Waals surface area contributed by atoms with Gasteiger partial charge in [-0.2, -0.15) is 0 Å². The van der Waals surface area contributed by atoms with Gasteiger partial charge in [0.15, 0.2) is 0 Å². The van der Waals surface area contributed by atoms with Crippen molar-refractivity contribution in [3.05, 3.63) is 65.7 Å². The molecule has 1 saturated carbocycles. The van der Waals surface area contributed by atoms with Crippen LogP contribution >= 0.6 is 11.8 Å². The predicted octanol–water partition coefficient (Wildman–Crippen LogP) is 5.63. The Morgan fingerprint density at radius 2 is 1.76 bits per heavy atom. The van der Waals surface area contributed by atoms with Crippen molar-refractivity contribution in [1.29, 1.82) is 0 Å². The highest BCUT2D eigenvalue weighted by atomic mass is 32.2. The highest BCUT2D eigenvalue weighted by molar-refractivity contribution is 7.98. The van der Waals surface area contributed by atoms with Gasteiger partial charge >= 0.3 is 6.09 Å². The molecule has 37 heavy (non-hydrogen) atoms. The van der Waals surface area contributed by atoms with Gasteiger partial charge in [-0.3, -0.25) is 4.79 Å². The number of carbonyl (C=O) groups is 2. The molecule has 0 radical (unpaired) electrons. The van der Waals surface area contributed by atoms with Gasteiger partial charge in [-0.15, -0.1) is 11.8 Å². The van der Waals surface area contributed by atoms with Crippen LogP contribution in [0.3, 0.4) is 0 Å². The topological polar surface area (TPSA) is 61.9 Å². The molecular formula is C30H39N3O3S. The van der Waals surface area contributed by atoms with Crippen LogP contribution in [-0.4, -0.2) is 60.3 Å². The number of amides is 2. The monoisotopic (exact) mass is 521 g/mol. The molecule has 3 aliphatic rings. The van der Waals surface area contributed by atoms with Crippen molar-refractivity contribution in [3.63, 3.8) is 0 Å². The van der Waals surface area contributed by atoms with Crippen LogP contribution in [0.1, 0.15) is 62.1 Å². The fourth-order valence-electron chi connectivity index (χ4n) is 5.80. The molecule has 198 valence electrons. The quantitative estimate of drug-likeness (QED) is 0.433. The van der Waals surface area contributed by atoms with Gasteiger partial charge in [0.05, 0.1) is 11.5 Å². The number of likely N-dealkylation sites (tertiary alicyclic amines) is 2. The number of hydrogen-bond acceptors (Lipinski definition) is 5. The van der Waals surface area contributed by atoms with Crippen LogP contribution in [0, 0.1) is 5.41 Å². The Morgan fingerprint density at radius 3 is 2.41 bits per heavy atom. The lowest BCUT2D eigenvalue weighted by molar-refractivity contribution is -0.138. The second-order valence-corrected chi connectivity index (χ2v) is 11.7. The van der Waals surface area contributed by atoms with Gasteiger partial charge in [-0.25, -0.2) is 4.79 Å². The fourth-order valence-corrected chi connectivity index (χ4v) is 6.21. The second-order valence-electron chi connectivity index (χ2n) is 10.8.